The summed E-state index contributed by atoms with van der Waals surface area (Å²) in [6.07, 6.45) is 7.75. The molecule has 0 bridgehead atoms. The summed E-state index contributed by atoms with van der Waals surface area (Å²) in [5.74, 6) is 0.326. The van der Waals surface area contributed by atoms with Gasteiger partial charge in [0.2, 0.25) is 5.91 Å². The molecule has 4 nitrogen and oxygen atoms in total. The number of ether oxygens (including phenoxy) is 1. The number of furan rings is 1. The molecule has 0 spiro atoms. The van der Waals surface area contributed by atoms with Crippen molar-refractivity contribution in [1.29, 1.82) is 0 Å². The van der Waals surface area contributed by atoms with Gasteiger partial charge in [0.15, 0.2) is 0 Å². The van der Waals surface area contributed by atoms with E-state index in [4.69, 9.17) is 9.15 Å². The summed E-state index contributed by atoms with van der Waals surface area (Å²) in [4.78, 5) is 12.5. The lowest BCUT2D eigenvalue weighted by Gasteiger charge is -2.14. The Morgan fingerprint density at radius 2 is 1.93 bits per heavy atom. The van der Waals surface area contributed by atoms with Gasteiger partial charge < -0.3 is 14.5 Å². The zero-order valence-electron chi connectivity index (χ0n) is 17.5. The van der Waals surface area contributed by atoms with E-state index in [1.165, 1.54) is 25.0 Å². The Kier molecular flexibility index (Phi) is 5.62. The van der Waals surface area contributed by atoms with Crippen molar-refractivity contribution in [3.63, 3.8) is 0 Å². The van der Waals surface area contributed by atoms with Gasteiger partial charge in [-0.15, -0.1) is 0 Å². The van der Waals surface area contributed by atoms with Crippen molar-refractivity contribution in [1.82, 2.24) is 5.32 Å². The summed E-state index contributed by atoms with van der Waals surface area (Å²) in [5.41, 5.74) is 4.99. The average Bonchev–Trinajstić information content (AvgIpc) is 3.38. The zero-order valence-corrected chi connectivity index (χ0v) is 17.5. The van der Waals surface area contributed by atoms with Crippen LogP contribution in [0, 0.1) is 12.7 Å². The molecule has 0 radical (unpaired) electrons. The second-order valence-corrected chi connectivity index (χ2v) is 7.93. The average molecular weight is 407 g/mol. The molecule has 3 aromatic rings. The SMILES string of the molecule is COc1c(/C(C)=C/C(=O)NC2CCCC2)cc2c(-c3ccc(F)cc3)coc2c1C. The number of aryl methyl sites for hydroxylation is 1. The van der Waals surface area contributed by atoms with Crippen molar-refractivity contribution in [2.24, 2.45) is 0 Å². The van der Waals surface area contributed by atoms with Crippen LogP contribution in [0.4, 0.5) is 4.39 Å². The molecule has 0 aliphatic heterocycles. The number of hydrogen-bond donors (Lipinski definition) is 1. The van der Waals surface area contributed by atoms with Crippen LogP contribution >= 0.6 is 0 Å². The Hall–Kier alpha value is -3.08. The molecule has 1 aliphatic carbocycles. The molecule has 1 aliphatic rings. The Bertz CT molecular complexity index is 1110. The molecule has 1 aromatic heterocycles. The number of benzene rings is 2. The molecule has 0 unspecified atom stereocenters. The predicted octanol–water partition coefficient (Wildman–Crippen LogP) is 6.02. The van der Waals surface area contributed by atoms with Gasteiger partial charge in [0.25, 0.3) is 0 Å². The molecule has 1 N–H and O–H groups in total. The summed E-state index contributed by atoms with van der Waals surface area (Å²) in [5, 5.41) is 4.00. The number of fused-ring (bicyclic) bond motifs is 1. The number of amides is 1. The number of halogens is 1. The number of hydrogen-bond acceptors (Lipinski definition) is 3. The highest BCUT2D eigenvalue weighted by atomic mass is 19.1. The van der Waals surface area contributed by atoms with Crippen molar-refractivity contribution >= 4 is 22.4 Å². The first-order valence-electron chi connectivity index (χ1n) is 10.3. The van der Waals surface area contributed by atoms with Crippen LogP contribution in [0.5, 0.6) is 5.75 Å². The molecule has 2 aromatic carbocycles. The number of allylic oxidation sites excluding steroid dienone is 1. The lowest BCUT2D eigenvalue weighted by atomic mass is 9.96. The van der Waals surface area contributed by atoms with Crippen LogP contribution in [0.3, 0.4) is 0 Å². The van der Waals surface area contributed by atoms with Gasteiger partial charge in [0.05, 0.1) is 13.4 Å². The minimum Gasteiger partial charge on any atom is -0.496 e. The predicted molar refractivity (Wildman–Crippen MR) is 117 cm³/mol. The Morgan fingerprint density at radius 3 is 2.60 bits per heavy atom. The van der Waals surface area contributed by atoms with E-state index in [0.29, 0.717) is 5.75 Å². The van der Waals surface area contributed by atoms with E-state index in [2.05, 4.69) is 5.32 Å². The lowest BCUT2D eigenvalue weighted by molar-refractivity contribution is -0.117. The zero-order chi connectivity index (χ0) is 21.3. The van der Waals surface area contributed by atoms with Crippen LogP contribution < -0.4 is 10.1 Å². The molecule has 1 fully saturated rings. The van der Waals surface area contributed by atoms with Gasteiger partial charge >= 0.3 is 0 Å². The molecule has 5 heteroatoms. The second kappa shape index (κ2) is 8.34. The summed E-state index contributed by atoms with van der Waals surface area (Å²) < 4.78 is 24.9. The van der Waals surface area contributed by atoms with Crippen molar-refractivity contribution in [2.45, 2.75) is 45.6 Å². The first-order valence-corrected chi connectivity index (χ1v) is 10.3. The number of methoxy groups -OCH3 is 1. The second-order valence-electron chi connectivity index (χ2n) is 7.93. The van der Waals surface area contributed by atoms with E-state index < -0.39 is 0 Å². The number of rotatable bonds is 5. The van der Waals surface area contributed by atoms with Crippen molar-refractivity contribution < 1.29 is 18.3 Å². The maximum absolute atomic E-state index is 13.4. The van der Waals surface area contributed by atoms with E-state index >= 15 is 0 Å². The standard InChI is InChI=1S/C25H26FNO3/c1-15(12-23(28)27-19-6-4-5-7-19)20-13-21-22(17-8-10-18(26)11-9-17)14-30-25(21)16(2)24(20)29-3/h8-14,19H,4-7H2,1-3H3,(H,27,28)/b15-12+. The highest BCUT2D eigenvalue weighted by Crippen LogP contribution is 2.40. The molecular weight excluding hydrogens is 381 g/mol. The molecule has 156 valence electrons. The van der Waals surface area contributed by atoms with Crippen LogP contribution in [-0.4, -0.2) is 19.1 Å². The molecule has 0 saturated heterocycles. The van der Waals surface area contributed by atoms with Gasteiger partial charge in [-0.05, 0) is 56.0 Å². The number of carbonyl (C=O) groups is 1. The summed E-state index contributed by atoms with van der Waals surface area (Å²) >= 11 is 0. The Balaban J connectivity index is 1.76. The van der Waals surface area contributed by atoms with E-state index in [9.17, 15) is 9.18 Å². The normalized spacial score (nSPS) is 15.0. The first-order chi connectivity index (χ1) is 14.5. The minimum absolute atomic E-state index is 0.0786. The molecule has 1 saturated carbocycles. The van der Waals surface area contributed by atoms with Gasteiger partial charge in [-0.25, -0.2) is 4.39 Å². The summed E-state index contributed by atoms with van der Waals surface area (Å²) in [7, 11) is 1.62. The fourth-order valence-corrected chi connectivity index (χ4v) is 4.31. The van der Waals surface area contributed by atoms with E-state index in [1.54, 1.807) is 31.6 Å². The molecule has 4 rings (SSSR count). The van der Waals surface area contributed by atoms with E-state index in [0.717, 1.165) is 51.6 Å². The van der Waals surface area contributed by atoms with E-state index in [-0.39, 0.29) is 17.8 Å². The van der Waals surface area contributed by atoms with Crippen LogP contribution in [-0.2, 0) is 4.79 Å². The maximum atomic E-state index is 13.4. The van der Waals surface area contributed by atoms with Gasteiger partial charge in [0.1, 0.15) is 17.1 Å². The Morgan fingerprint density at radius 1 is 1.23 bits per heavy atom. The molecule has 0 atom stereocenters. The minimum atomic E-state index is -0.280. The van der Waals surface area contributed by atoms with Crippen LogP contribution in [0.25, 0.3) is 27.7 Å². The fourth-order valence-electron chi connectivity index (χ4n) is 4.31. The molecule has 1 heterocycles. The van der Waals surface area contributed by atoms with Crippen LogP contribution in [0.2, 0.25) is 0 Å². The highest BCUT2D eigenvalue weighted by Gasteiger charge is 2.20. The van der Waals surface area contributed by atoms with Gasteiger partial charge in [-0.2, -0.15) is 0 Å². The quantitative estimate of drug-likeness (QED) is 0.526. The first kappa shape index (κ1) is 20.2. The van der Waals surface area contributed by atoms with Gasteiger partial charge in [-0.3, -0.25) is 4.79 Å². The number of carbonyl (C=O) groups excluding carboxylic acids is 1. The van der Waals surface area contributed by atoms with Gasteiger partial charge in [0, 0.05) is 34.2 Å². The Labute approximate surface area is 175 Å². The third-order valence-electron chi connectivity index (χ3n) is 5.88. The molecule has 30 heavy (non-hydrogen) atoms. The summed E-state index contributed by atoms with van der Waals surface area (Å²) in [6.45, 7) is 3.85. The summed E-state index contributed by atoms with van der Waals surface area (Å²) in [6, 6.07) is 8.59. The fraction of sp³-hybridized carbons (Fsp3) is 0.320. The van der Waals surface area contributed by atoms with Crippen LogP contribution in [0.1, 0.15) is 43.7 Å². The monoisotopic (exact) mass is 407 g/mol. The lowest BCUT2D eigenvalue weighted by Crippen LogP contribution is -2.31. The van der Waals surface area contributed by atoms with E-state index in [1.807, 2.05) is 19.9 Å². The molecule has 1 amide bonds. The molecular formula is C25H26FNO3. The number of nitrogens with one attached hydrogen (secondary N) is 1. The topological polar surface area (TPSA) is 51.5 Å². The van der Waals surface area contributed by atoms with Crippen molar-refractivity contribution in [2.75, 3.05) is 7.11 Å². The van der Waals surface area contributed by atoms with Gasteiger partial charge in [-0.1, -0.05) is 25.0 Å². The van der Waals surface area contributed by atoms with Crippen molar-refractivity contribution in [3.05, 3.63) is 59.6 Å². The third kappa shape index (κ3) is 3.84. The van der Waals surface area contributed by atoms with Crippen LogP contribution in [0.15, 0.2) is 47.1 Å². The maximum Gasteiger partial charge on any atom is 0.244 e. The highest BCUT2D eigenvalue weighted by molar-refractivity contribution is 6.01. The smallest absolute Gasteiger partial charge is 0.244 e. The van der Waals surface area contributed by atoms with Crippen molar-refractivity contribution in [3.8, 4) is 16.9 Å². The third-order valence-corrected chi connectivity index (χ3v) is 5.88. The largest absolute Gasteiger partial charge is 0.496 e.